The first kappa shape index (κ1) is 23.2. The first-order valence-electron chi connectivity index (χ1n) is 9.25. The van der Waals surface area contributed by atoms with Crippen molar-refractivity contribution in [1.82, 2.24) is 15.5 Å². The molecule has 3 rings (SSSR count). The molecule has 26 heavy (non-hydrogen) atoms. The molecule has 4 nitrogen and oxygen atoms in total. The van der Waals surface area contributed by atoms with E-state index in [1.807, 2.05) is 0 Å². The van der Waals surface area contributed by atoms with Gasteiger partial charge in [-0.2, -0.15) is 0 Å². The Bertz CT molecular complexity index is 596. The van der Waals surface area contributed by atoms with Crippen molar-refractivity contribution in [2.24, 2.45) is 5.92 Å². The number of benzene rings is 1. The van der Waals surface area contributed by atoms with Crippen LogP contribution in [0.3, 0.4) is 0 Å². The van der Waals surface area contributed by atoms with Crippen LogP contribution in [0.4, 0.5) is 0 Å². The fourth-order valence-electron chi connectivity index (χ4n) is 4.37. The summed E-state index contributed by atoms with van der Waals surface area (Å²) in [5.74, 6) is 0.877. The van der Waals surface area contributed by atoms with Crippen molar-refractivity contribution >= 4 is 30.7 Å². The quantitative estimate of drug-likeness (QED) is 0.813. The molecule has 3 unspecified atom stereocenters. The molecular formula is C20H33Cl2N3O. The highest BCUT2D eigenvalue weighted by molar-refractivity contribution is 5.85. The van der Waals surface area contributed by atoms with E-state index in [0.717, 1.165) is 25.4 Å². The minimum atomic E-state index is -0.111. The van der Waals surface area contributed by atoms with E-state index in [4.69, 9.17) is 0 Å². The highest BCUT2D eigenvalue weighted by Crippen LogP contribution is 2.35. The van der Waals surface area contributed by atoms with Crippen molar-refractivity contribution in [2.45, 2.75) is 57.2 Å². The summed E-state index contributed by atoms with van der Waals surface area (Å²) in [4.78, 5) is 15.0. The van der Waals surface area contributed by atoms with E-state index in [9.17, 15) is 4.79 Å². The van der Waals surface area contributed by atoms with Crippen LogP contribution in [0.15, 0.2) is 24.3 Å². The summed E-state index contributed by atoms with van der Waals surface area (Å²) in [7, 11) is 4.30. The van der Waals surface area contributed by atoms with Crippen molar-refractivity contribution in [2.75, 3.05) is 20.6 Å². The molecule has 1 amide bonds. The number of fused-ring (bicyclic) bond motifs is 1. The second-order valence-electron chi connectivity index (χ2n) is 7.94. The Morgan fingerprint density at radius 2 is 1.96 bits per heavy atom. The molecule has 2 aliphatic rings. The first-order valence-corrected chi connectivity index (χ1v) is 9.25. The Morgan fingerprint density at radius 3 is 2.62 bits per heavy atom. The maximum Gasteiger partial charge on any atom is 0.237 e. The van der Waals surface area contributed by atoms with Gasteiger partial charge in [0, 0.05) is 18.6 Å². The molecule has 1 aromatic carbocycles. The molecule has 0 saturated heterocycles. The van der Waals surface area contributed by atoms with Gasteiger partial charge in [-0.25, -0.2) is 0 Å². The number of amides is 1. The van der Waals surface area contributed by atoms with Gasteiger partial charge in [0.2, 0.25) is 5.91 Å². The minimum Gasteiger partial charge on any atom is -0.353 e. The number of carbonyl (C=O) groups excluding carboxylic acids is 1. The van der Waals surface area contributed by atoms with Gasteiger partial charge in [0.05, 0.1) is 6.04 Å². The molecular weight excluding hydrogens is 369 g/mol. The predicted octanol–water partition coefficient (Wildman–Crippen LogP) is 3.17. The highest BCUT2D eigenvalue weighted by atomic mass is 35.5. The summed E-state index contributed by atoms with van der Waals surface area (Å²) in [5.41, 5.74) is 2.72. The van der Waals surface area contributed by atoms with Crippen molar-refractivity contribution < 1.29 is 4.79 Å². The van der Waals surface area contributed by atoms with Crippen molar-refractivity contribution in [3.05, 3.63) is 35.4 Å². The number of rotatable bonds is 4. The number of carbonyl (C=O) groups is 1. The van der Waals surface area contributed by atoms with E-state index >= 15 is 0 Å². The van der Waals surface area contributed by atoms with Gasteiger partial charge in [0.1, 0.15) is 0 Å². The molecule has 148 valence electrons. The number of nitrogens with one attached hydrogen (secondary N) is 2. The normalized spacial score (nSPS) is 27.7. The van der Waals surface area contributed by atoms with Gasteiger partial charge in [-0.3, -0.25) is 4.79 Å². The number of nitrogens with zero attached hydrogens (tertiary/aromatic N) is 1. The number of hydrogen-bond acceptors (Lipinski definition) is 3. The van der Waals surface area contributed by atoms with Crippen LogP contribution in [-0.4, -0.2) is 43.0 Å². The molecule has 0 aromatic heterocycles. The van der Waals surface area contributed by atoms with Gasteiger partial charge < -0.3 is 15.5 Å². The van der Waals surface area contributed by atoms with Gasteiger partial charge in [0.25, 0.3) is 0 Å². The van der Waals surface area contributed by atoms with Crippen LogP contribution in [0, 0.1) is 5.92 Å². The summed E-state index contributed by atoms with van der Waals surface area (Å²) in [6, 6.07) is 8.29. The van der Waals surface area contributed by atoms with Crippen LogP contribution in [-0.2, 0) is 17.8 Å². The molecule has 6 heteroatoms. The van der Waals surface area contributed by atoms with Crippen LogP contribution < -0.4 is 10.6 Å². The number of hydrogen-bond donors (Lipinski definition) is 2. The fraction of sp³-hybridized carbons (Fsp3) is 0.650. The topological polar surface area (TPSA) is 44.4 Å². The molecule has 1 saturated carbocycles. The lowest BCUT2D eigenvalue weighted by Crippen LogP contribution is -2.57. The summed E-state index contributed by atoms with van der Waals surface area (Å²) in [6.07, 6.45) is 5.69. The third-order valence-electron chi connectivity index (χ3n) is 6.01. The van der Waals surface area contributed by atoms with Crippen molar-refractivity contribution in [3.63, 3.8) is 0 Å². The summed E-state index contributed by atoms with van der Waals surface area (Å²) in [6.45, 7) is 3.87. The molecule has 0 bridgehead atoms. The molecule has 1 aliphatic carbocycles. The van der Waals surface area contributed by atoms with Crippen LogP contribution in [0.2, 0.25) is 0 Å². The molecule has 1 aliphatic heterocycles. The lowest BCUT2D eigenvalue weighted by molar-refractivity contribution is -0.124. The molecule has 1 aromatic rings. The van der Waals surface area contributed by atoms with E-state index in [1.165, 1.54) is 36.8 Å². The number of likely N-dealkylation sites (N-methyl/N-ethyl adjacent to an activating group) is 1. The van der Waals surface area contributed by atoms with Crippen molar-refractivity contribution in [3.8, 4) is 0 Å². The van der Waals surface area contributed by atoms with E-state index in [1.54, 1.807) is 0 Å². The van der Waals surface area contributed by atoms with Crippen molar-refractivity contribution in [1.29, 1.82) is 0 Å². The van der Waals surface area contributed by atoms with Crippen LogP contribution >= 0.6 is 24.8 Å². The summed E-state index contributed by atoms with van der Waals surface area (Å²) < 4.78 is 0. The zero-order valence-electron chi connectivity index (χ0n) is 16.1. The molecule has 1 fully saturated rings. The molecule has 0 spiro atoms. The second kappa shape index (κ2) is 9.93. The van der Waals surface area contributed by atoms with E-state index in [0.29, 0.717) is 0 Å². The SMILES string of the molecule is CC1CCCC(CNC(=O)C2Cc3ccccc3CN2)(N(C)C)C1.Cl.Cl. The second-order valence-corrected chi connectivity index (χ2v) is 7.94. The Kier molecular flexibility index (Phi) is 8.87. The standard InChI is InChI=1S/C20H31N3O.2ClH/c1-15-7-6-10-20(12-15,23(2)3)14-22-19(24)18-11-16-8-4-5-9-17(16)13-21-18;;/h4-5,8-9,15,18,21H,6-7,10-14H2,1-3H3,(H,22,24);2*1H. The zero-order valence-corrected chi connectivity index (χ0v) is 17.7. The number of halogens is 2. The molecule has 3 atom stereocenters. The third-order valence-corrected chi connectivity index (χ3v) is 6.01. The van der Waals surface area contributed by atoms with E-state index in [-0.39, 0.29) is 42.3 Å². The maximum atomic E-state index is 12.7. The van der Waals surface area contributed by atoms with Gasteiger partial charge >= 0.3 is 0 Å². The Morgan fingerprint density at radius 1 is 1.27 bits per heavy atom. The Balaban J connectivity index is 0.00000169. The molecule has 2 N–H and O–H groups in total. The van der Waals surface area contributed by atoms with Gasteiger partial charge in [-0.15, -0.1) is 24.8 Å². The Hall–Kier alpha value is -0.810. The molecule has 1 heterocycles. The lowest BCUT2D eigenvalue weighted by Gasteiger charge is -2.45. The van der Waals surface area contributed by atoms with Crippen LogP contribution in [0.5, 0.6) is 0 Å². The monoisotopic (exact) mass is 401 g/mol. The smallest absolute Gasteiger partial charge is 0.237 e. The highest BCUT2D eigenvalue weighted by Gasteiger charge is 2.37. The Labute approximate surface area is 170 Å². The average Bonchev–Trinajstić information content (AvgIpc) is 2.59. The van der Waals surface area contributed by atoms with Gasteiger partial charge in [-0.1, -0.05) is 44.0 Å². The fourth-order valence-corrected chi connectivity index (χ4v) is 4.37. The molecule has 0 radical (unpaired) electrons. The van der Waals surface area contributed by atoms with Crippen LogP contribution in [0.1, 0.15) is 43.7 Å². The largest absolute Gasteiger partial charge is 0.353 e. The first-order chi connectivity index (χ1) is 11.5. The van der Waals surface area contributed by atoms with E-state index < -0.39 is 0 Å². The van der Waals surface area contributed by atoms with Gasteiger partial charge in [-0.05, 0) is 50.4 Å². The zero-order chi connectivity index (χ0) is 17.2. The average molecular weight is 402 g/mol. The van der Waals surface area contributed by atoms with Gasteiger partial charge in [0.15, 0.2) is 0 Å². The summed E-state index contributed by atoms with van der Waals surface area (Å²) in [5, 5.41) is 6.64. The maximum absolute atomic E-state index is 12.7. The van der Waals surface area contributed by atoms with Crippen LogP contribution in [0.25, 0.3) is 0 Å². The summed E-state index contributed by atoms with van der Waals surface area (Å²) >= 11 is 0. The predicted molar refractivity (Wildman–Crippen MR) is 112 cm³/mol. The minimum absolute atomic E-state index is 0. The van der Waals surface area contributed by atoms with E-state index in [2.05, 4.69) is 60.8 Å². The third kappa shape index (κ3) is 5.13. The lowest BCUT2D eigenvalue weighted by atomic mass is 9.75.